The van der Waals surface area contributed by atoms with Crippen molar-refractivity contribution in [1.82, 2.24) is 29.7 Å². The van der Waals surface area contributed by atoms with E-state index < -0.39 is 0 Å². The SMILES string of the molecule is CC(C)C(NC(=O)c1ccn(-c2cccc(Br)c2)n1)c1nnc2ccccn12. The number of carbonyl (C=O) groups excluding carboxylic acids is 1. The van der Waals surface area contributed by atoms with Gasteiger partial charge in [-0.1, -0.05) is 41.9 Å². The molecule has 7 nitrogen and oxygen atoms in total. The molecule has 0 radical (unpaired) electrons. The standard InChI is InChI=1S/C20H19BrN6O/c1-13(2)18(19-24-23-17-8-3-4-10-26(17)19)22-20(28)16-9-11-27(25-16)15-7-5-6-14(21)12-15/h3-13,18H,1-2H3,(H,22,28). The van der Waals surface area contributed by atoms with Crippen molar-refractivity contribution >= 4 is 27.5 Å². The van der Waals surface area contributed by atoms with Crippen LogP contribution in [0.4, 0.5) is 0 Å². The van der Waals surface area contributed by atoms with E-state index in [4.69, 9.17) is 0 Å². The van der Waals surface area contributed by atoms with E-state index >= 15 is 0 Å². The number of nitrogens with one attached hydrogen (secondary N) is 1. The monoisotopic (exact) mass is 438 g/mol. The summed E-state index contributed by atoms with van der Waals surface area (Å²) in [4.78, 5) is 12.8. The highest BCUT2D eigenvalue weighted by Crippen LogP contribution is 2.21. The molecule has 0 spiro atoms. The van der Waals surface area contributed by atoms with Crippen LogP contribution < -0.4 is 5.32 Å². The maximum atomic E-state index is 12.8. The van der Waals surface area contributed by atoms with Gasteiger partial charge in [0.1, 0.15) is 0 Å². The molecule has 3 heterocycles. The Morgan fingerprint density at radius 1 is 1.07 bits per heavy atom. The van der Waals surface area contributed by atoms with E-state index in [1.54, 1.807) is 16.9 Å². The second-order valence-corrected chi connectivity index (χ2v) is 7.72. The summed E-state index contributed by atoms with van der Waals surface area (Å²) in [5, 5.41) is 16.0. The second kappa shape index (κ2) is 7.55. The molecule has 4 rings (SSSR count). The van der Waals surface area contributed by atoms with Gasteiger partial charge >= 0.3 is 0 Å². The molecule has 8 heteroatoms. The van der Waals surface area contributed by atoms with Crippen LogP contribution in [0, 0.1) is 5.92 Å². The van der Waals surface area contributed by atoms with Crippen LogP contribution in [-0.4, -0.2) is 30.3 Å². The highest BCUT2D eigenvalue weighted by atomic mass is 79.9. The Labute approximate surface area is 170 Å². The number of rotatable bonds is 5. The summed E-state index contributed by atoms with van der Waals surface area (Å²) in [7, 11) is 0. The number of halogens is 1. The summed E-state index contributed by atoms with van der Waals surface area (Å²) in [5.74, 6) is 0.578. The first-order valence-corrected chi connectivity index (χ1v) is 9.74. The van der Waals surface area contributed by atoms with Crippen LogP contribution in [0.25, 0.3) is 11.3 Å². The van der Waals surface area contributed by atoms with Crippen molar-refractivity contribution in [3.8, 4) is 5.69 Å². The van der Waals surface area contributed by atoms with Crippen molar-refractivity contribution in [1.29, 1.82) is 0 Å². The Hall–Kier alpha value is -3.00. The van der Waals surface area contributed by atoms with Crippen molar-refractivity contribution in [3.63, 3.8) is 0 Å². The number of aromatic nitrogens is 5. The fraction of sp³-hybridized carbons (Fsp3) is 0.200. The Morgan fingerprint density at radius 3 is 2.71 bits per heavy atom. The van der Waals surface area contributed by atoms with Gasteiger partial charge in [-0.2, -0.15) is 5.10 Å². The molecule has 0 fully saturated rings. The van der Waals surface area contributed by atoms with E-state index in [2.05, 4.69) is 36.5 Å². The Bertz CT molecular complexity index is 1130. The first-order valence-electron chi connectivity index (χ1n) is 8.95. The Morgan fingerprint density at radius 2 is 1.93 bits per heavy atom. The summed E-state index contributed by atoms with van der Waals surface area (Å²) in [6.07, 6.45) is 3.67. The lowest BCUT2D eigenvalue weighted by atomic mass is 10.0. The van der Waals surface area contributed by atoms with Gasteiger partial charge in [-0.3, -0.25) is 9.20 Å². The molecule has 4 aromatic rings. The lowest BCUT2D eigenvalue weighted by Gasteiger charge is -2.20. The summed E-state index contributed by atoms with van der Waals surface area (Å²) in [6, 6.07) is 14.9. The van der Waals surface area contributed by atoms with Crippen LogP contribution >= 0.6 is 15.9 Å². The van der Waals surface area contributed by atoms with Crippen LogP contribution in [0.3, 0.4) is 0 Å². The Balaban J connectivity index is 1.59. The summed E-state index contributed by atoms with van der Waals surface area (Å²) >= 11 is 3.45. The van der Waals surface area contributed by atoms with Crippen molar-refractivity contribution in [2.45, 2.75) is 19.9 Å². The first kappa shape index (κ1) is 18.4. The van der Waals surface area contributed by atoms with Crippen LogP contribution in [0.1, 0.15) is 36.2 Å². The van der Waals surface area contributed by atoms with Gasteiger partial charge in [0.2, 0.25) is 0 Å². The predicted molar refractivity (Wildman–Crippen MR) is 109 cm³/mol. The van der Waals surface area contributed by atoms with Gasteiger partial charge in [-0.05, 0) is 42.3 Å². The molecule has 1 aromatic carbocycles. The van der Waals surface area contributed by atoms with E-state index in [1.807, 2.05) is 66.9 Å². The van der Waals surface area contributed by atoms with Crippen LogP contribution in [0.2, 0.25) is 0 Å². The van der Waals surface area contributed by atoms with Gasteiger partial charge in [0, 0.05) is 16.9 Å². The zero-order chi connectivity index (χ0) is 19.7. The summed E-state index contributed by atoms with van der Waals surface area (Å²) in [5.41, 5.74) is 1.97. The van der Waals surface area contributed by atoms with Gasteiger partial charge in [-0.15, -0.1) is 10.2 Å². The van der Waals surface area contributed by atoms with E-state index in [9.17, 15) is 4.79 Å². The number of pyridine rings is 1. The predicted octanol–water partition coefficient (Wildman–Crippen LogP) is 3.80. The topological polar surface area (TPSA) is 77.1 Å². The maximum Gasteiger partial charge on any atom is 0.272 e. The molecule has 1 atom stereocenters. The fourth-order valence-corrected chi connectivity index (χ4v) is 3.41. The normalized spacial score (nSPS) is 12.4. The molecule has 0 saturated carbocycles. The second-order valence-electron chi connectivity index (χ2n) is 6.81. The third-order valence-corrected chi connectivity index (χ3v) is 4.96. The van der Waals surface area contributed by atoms with E-state index in [-0.39, 0.29) is 17.9 Å². The molecule has 142 valence electrons. The third kappa shape index (κ3) is 3.55. The van der Waals surface area contributed by atoms with E-state index in [0.717, 1.165) is 15.8 Å². The third-order valence-electron chi connectivity index (χ3n) is 4.47. The van der Waals surface area contributed by atoms with Crippen LogP contribution in [0.5, 0.6) is 0 Å². The smallest absolute Gasteiger partial charge is 0.272 e. The molecular weight excluding hydrogens is 420 g/mol. The highest BCUT2D eigenvalue weighted by Gasteiger charge is 2.25. The maximum absolute atomic E-state index is 12.8. The first-order chi connectivity index (χ1) is 13.5. The minimum absolute atomic E-state index is 0.128. The largest absolute Gasteiger partial charge is 0.340 e. The molecule has 1 unspecified atom stereocenters. The van der Waals surface area contributed by atoms with Gasteiger partial charge in [0.05, 0.1) is 11.7 Å². The van der Waals surface area contributed by atoms with Gasteiger partial charge in [0.25, 0.3) is 5.91 Å². The minimum atomic E-state index is -0.291. The molecule has 3 aromatic heterocycles. The average molecular weight is 439 g/mol. The van der Waals surface area contributed by atoms with Gasteiger partial charge in [-0.25, -0.2) is 4.68 Å². The summed E-state index contributed by atoms with van der Waals surface area (Å²) in [6.45, 7) is 4.07. The zero-order valence-corrected chi connectivity index (χ0v) is 17.0. The number of amides is 1. The number of carbonyl (C=O) groups is 1. The molecule has 0 aliphatic carbocycles. The minimum Gasteiger partial charge on any atom is -0.340 e. The van der Waals surface area contributed by atoms with Crippen LogP contribution in [-0.2, 0) is 0 Å². The number of fused-ring (bicyclic) bond motifs is 1. The molecule has 0 saturated heterocycles. The molecule has 1 amide bonds. The molecular formula is C20H19BrN6O. The van der Waals surface area contributed by atoms with Crippen molar-refractivity contribution in [2.24, 2.45) is 5.92 Å². The highest BCUT2D eigenvalue weighted by molar-refractivity contribution is 9.10. The Kier molecular flexibility index (Phi) is 4.95. The van der Waals surface area contributed by atoms with E-state index in [1.165, 1.54) is 0 Å². The lowest BCUT2D eigenvalue weighted by molar-refractivity contribution is 0.0917. The lowest BCUT2D eigenvalue weighted by Crippen LogP contribution is -2.33. The zero-order valence-electron chi connectivity index (χ0n) is 15.5. The van der Waals surface area contributed by atoms with Crippen molar-refractivity contribution in [3.05, 3.63) is 76.9 Å². The van der Waals surface area contributed by atoms with Crippen molar-refractivity contribution in [2.75, 3.05) is 0 Å². The number of nitrogens with zero attached hydrogens (tertiary/aromatic N) is 5. The molecule has 0 aliphatic rings. The fourth-order valence-electron chi connectivity index (χ4n) is 3.02. The summed E-state index contributed by atoms with van der Waals surface area (Å²) < 4.78 is 4.52. The van der Waals surface area contributed by atoms with Crippen LogP contribution in [0.15, 0.2) is 65.4 Å². The van der Waals surface area contributed by atoms with E-state index in [0.29, 0.717) is 11.5 Å². The number of benzene rings is 1. The number of hydrogen-bond acceptors (Lipinski definition) is 4. The number of hydrogen-bond donors (Lipinski definition) is 1. The molecule has 1 N–H and O–H groups in total. The van der Waals surface area contributed by atoms with Gasteiger partial charge in [0.15, 0.2) is 17.2 Å². The van der Waals surface area contributed by atoms with Crippen molar-refractivity contribution < 1.29 is 4.79 Å². The quantitative estimate of drug-likeness (QED) is 0.513. The average Bonchev–Trinajstić information content (AvgIpc) is 3.33. The molecule has 0 aliphatic heterocycles. The molecule has 28 heavy (non-hydrogen) atoms. The molecule has 0 bridgehead atoms. The van der Waals surface area contributed by atoms with Gasteiger partial charge < -0.3 is 5.32 Å².